The van der Waals surface area contributed by atoms with Crippen LogP contribution in [0.5, 0.6) is 5.75 Å². The van der Waals surface area contributed by atoms with Crippen LogP contribution in [0.15, 0.2) is 53.8 Å². The van der Waals surface area contributed by atoms with Gasteiger partial charge in [0, 0.05) is 35.9 Å². The lowest BCUT2D eigenvalue weighted by molar-refractivity contribution is 0.320. The Morgan fingerprint density at radius 2 is 2.07 bits per heavy atom. The number of guanidine groups is 1. The first kappa shape index (κ1) is 18.8. The van der Waals surface area contributed by atoms with Crippen molar-refractivity contribution in [3.05, 3.63) is 60.0 Å². The van der Waals surface area contributed by atoms with Gasteiger partial charge in [0.05, 0.1) is 12.7 Å². The van der Waals surface area contributed by atoms with Crippen LogP contribution in [0, 0.1) is 6.92 Å². The van der Waals surface area contributed by atoms with Gasteiger partial charge in [0.1, 0.15) is 12.4 Å². The normalized spacial score (nSPS) is 11.6. The molecule has 2 heterocycles. The minimum Gasteiger partial charge on any atom is -0.490 e. The summed E-state index contributed by atoms with van der Waals surface area (Å²) in [6.07, 6.45) is 4.35. The number of aliphatic imine (C=N–C) groups is 1. The third-order valence-electron chi connectivity index (χ3n) is 4.30. The molecule has 0 spiro atoms. The second-order valence-electron chi connectivity index (χ2n) is 6.25. The molecule has 0 aliphatic heterocycles. The topological polar surface area (TPSA) is 74.3 Å². The molecule has 0 atom stereocenters. The first-order valence-electron chi connectivity index (χ1n) is 9.39. The number of nitrogens with one attached hydrogen (secondary N) is 3. The fraction of sp³-hybridized carbons (Fsp3) is 0.333. The predicted octanol–water partition coefficient (Wildman–Crippen LogP) is 3.05. The van der Waals surface area contributed by atoms with Crippen molar-refractivity contribution in [1.29, 1.82) is 0 Å². The second kappa shape index (κ2) is 9.62. The van der Waals surface area contributed by atoms with Crippen LogP contribution < -0.4 is 15.4 Å². The zero-order valence-corrected chi connectivity index (χ0v) is 16.0. The summed E-state index contributed by atoms with van der Waals surface area (Å²) in [5.41, 5.74) is 3.74. The van der Waals surface area contributed by atoms with Crippen molar-refractivity contribution in [3.63, 3.8) is 0 Å². The van der Waals surface area contributed by atoms with Gasteiger partial charge in [-0.3, -0.25) is 9.98 Å². The van der Waals surface area contributed by atoms with Gasteiger partial charge in [-0.2, -0.15) is 0 Å². The molecule has 6 nitrogen and oxygen atoms in total. The predicted molar refractivity (Wildman–Crippen MR) is 110 cm³/mol. The van der Waals surface area contributed by atoms with Gasteiger partial charge in [0.25, 0.3) is 0 Å². The molecule has 3 aromatic rings. The SMILES string of the molecule is CCNC(=NCCc1c(C)[nH]c2ccccc12)NCCOc1cccnc1. The van der Waals surface area contributed by atoms with Gasteiger partial charge in [-0.05, 0) is 44.0 Å². The van der Waals surface area contributed by atoms with Crippen LogP contribution in [0.1, 0.15) is 18.2 Å². The van der Waals surface area contributed by atoms with Crippen molar-refractivity contribution >= 4 is 16.9 Å². The number of fused-ring (bicyclic) bond motifs is 1. The Morgan fingerprint density at radius 1 is 1.19 bits per heavy atom. The fourth-order valence-corrected chi connectivity index (χ4v) is 3.05. The molecule has 3 rings (SSSR count). The van der Waals surface area contributed by atoms with E-state index >= 15 is 0 Å². The smallest absolute Gasteiger partial charge is 0.191 e. The molecule has 0 amide bonds. The largest absolute Gasteiger partial charge is 0.490 e. The van der Waals surface area contributed by atoms with Gasteiger partial charge in [0.15, 0.2) is 5.96 Å². The van der Waals surface area contributed by atoms with Crippen molar-refractivity contribution in [2.24, 2.45) is 4.99 Å². The van der Waals surface area contributed by atoms with E-state index in [1.807, 2.05) is 12.1 Å². The van der Waals surface area contributed by atoms with Gasteiger partial charge >= 0.3 is 0 Å². The minimum absolute atomic E-state index is 0.553. The number of nitrogens with zero attached hydrogens (tertiary/aromatic N) is 2. The molecule has 0 aliphatic carbocycles. The highest BCUT2D eigenvalue weighted by molar-refractivity contribution is 5.84. The molecule has 6 heteroatoms. The van der Waals surface area contributed by atoms with E-state index in [1.54, 1.807) is 12.4 Å². The first-order chi connectivity index (χ1) is 13.3. The van der Waals surface area contributed by atoms with Crippen LogP contribution >= 0.6 is 0 Å². The molecule has 2 aromatic heterocycles. The van der Waals surface area contributed by atoms with Crippen LogP contribution in [-0.4, -0.2) is 42.2 Å². The number of benzene rings is 1. The molecule has 0 saturated heterocycles. The van der Waals surface area contributed by atoms with Crippen molar-refractivity contribution in [3.8, 4) is 5.75 Å². The molecule has 0 radical (unpaired) electrons. The van der Waals surface area contributed by atoms with Crippen LogP contribution in [0.3, 0.4) is 0 Å². The number of hydrogen-bond acceptors (Lipinski definition) is 3. The summed E-state index contributed by atoms with van der Waals surface area (Å²) in [5.74, 6) is 1.58. The summed E-state index contributed by atoms with van der Waals surface area (Å²) >= 11 is 0. The maximum atomic E-state index is 5.65. The number of aromatic amines is 1. The number of rotatable bonds is 8. The lowest BCUT2D eigenvalue weighted by Gasteiger charge is -2.12. The van der Waals surface area contributed by atoms with E-state index in [9.17, 15) is 0 Å². The number of para-hydroxylation sites is 1. The van der Waals surface area contributed by atoms with E-state index in [1.165, 1.54) is 22.2 Å². The molecule has 0 saturated carbocycles. The maximum Gasteiger partial charge on any atom is 0.191 e. The summed E-state index contributed by atoms with van der Waals surface area (Å²) in [4.78, 5) is 12.2. The number of hydrogen-bond donors (Lipinski definition) is 3. The molecule has 0 bridgehead atoms. The van der Waals surface area contributed by atoms with E-state index in [0.717, 1.165) is 31.2 Å². The van der Waals surface area contributed by atoms with E-state index in [2.05, 4.69) is 58.7 Å². The standard InChI is InChI=1S/C21H27N5O/c1-3-23-21(25-13-14-27-17-7-6-11-22-15-17)24-12-10-18-16(2)26-20-9-5-4-8-19(18)20/h4-9,11,15,26H,3,10,12-14H2,1-2H3,(H2,23,24,25). The molecule has 0 aliphatic rings. The third-order valence-corrected chi connectivity index (χ3v) is 4.30. The van der Waals surface area contributed by atoms with Gasteiger partial charge in [-0.15, -0.1) is 0 Å². The first-order valence-corrected chi connectivity index (χ1v) is 9.39. The van der Waals surface area contributed by atoms with E-state index in [-0.39, 0.29) is 0 Å². The molecule has 0 fully saturated rings. The zero-order chi connectivity index (χ0) is 18.9. The van der Waals surface area contributed by atoms with E-state index < -0.39 is 0 Å². The van der Waals surface area contributed by atoms with Crippen LogP contribution in [0.25, 0.3) is 10.9 Å². The molecule has 142 valence electrons. The highest BCUT2D eigenvalue weighted by Crippen LogP contribution is 2.22. The van der Waals surface area contributed by atoms with Crippen molar-refractivity contribution in [2.45, 2.75) is 20.3 Å². The Balaban J connectivity index is 1.51. The molecular weight excluding hydrogens is 338 g/mol. The number of aryl methyl sites for hydroxylation is 1. The Labute approximate surface area is 160 Å². The Hall–Kier alpha value is -3.02. The summed E-state index contributed by atoms with van der Waals surface area (Å²) < 4.78 is 5.65. The Bertz CT molecular complexity index is 873. The Kier molecular flexibility index (Phi) is 6.68. The lowest BCUT2D eigenvalue weighted by Crippen LogP contribution is -2.39. The number of ether oxygens (including phenoxy) is 1. The molecular formula is C21H27N5O. The van der Waals surface area contributed by atoms with Gasteiger partial charge in [0.2, 0.25) is 0 Å². The van der Waals surface area contributed by atoms with E-state index in [0.29, 0.717) is 13.2 Å². The van der Waals surface area contributed by atoms with Gasteiger partial charge < -0.3 is 20.4 Å². The second-order valence-corrected chi connectivity index (χ2v) is 6.25. The van der Waals surface area contributed by atoms with E-state index in [4.69, 9.17) is 9.73 Å². The Morgan fingerprint density at radius 3 is 2.89 bits per heavy atom. The summed E-state index contributed by atoms with van der Waals surface area (Å²) in [6, 6.07) is 12.2. The molecule has 27 heavy (non-hydrogen) atoms. The summed E-state index contributed by atoms with van der Waals surface area (Å²) in [5, 5.41) is 7.87. The van der Waals surface area contributed by atoms with Gasteiger partial charge in [-0.25, -0.2) is 0 Å². The highest BCUT2D eigenvalue weighted by Gasteiger charge is 2.07. The number of H-pyrrole nitrogens is 1. The molecule has 1 aromatic carbocycles. The maximum absolute atomic E-state index is 5.65. The van der Waals surface area contributed by atoms with Crippen LogP contribution in [0.4, 0.5) is 0 Å². The lowest BCUT2D eigenvalue weighted by atomic mass is 10.1. The number of aromatic nitrogens is 2. The monoisotopic (exact) mass is 365 g/mol. The molecule has 0 unspecified atom stereocenters. The van der Waals surface area contributed by atoms with Crippen molar-refractivity contribution in [1.82, 2.24) is 20.6 Å². The average molecular weight is 365 g/mol. The zero-order valence-electron chi connectivity index (χ0n) is 16.0. The van der Waals surface area contributed by atoms with Crippen molar-refractivity contribution in [2.75, 3.05) is 26.2 Å². The van der Waals surface area contributed by atoms with Crippen LogP contribution in [-0.2, 0) is 6.42 Å². The highest BCUT2D eigenvalue weighted by atomic mass is 16.5. The quantitative estimate of drug-likeness (QED) is 0.326. The molecule has 3 N–H and O–H groups in total. The number of pyridine rings is 1. The van der Waals surface area contributed by atoms with Crippen LogP contribution in [0.2, 0.25) is 0 Å². The van der Waals surface area contributed by atoms with Gasteiger partial charge in [-0.1, -0.05) is 18.2 Å². The minimum atomic E-state index is 0.553. The van der Waals surface area contributed by atoms with Crippen molar-refractivity contribution < 1.29 is 4.74 Å². The fourth-order valence-electron chi connectivity index (χ4n) is 3.05. The summed E-state index contributed by atoms with van der Waals surface area (Å²) in [6.45, 7) is 6.96. The summed E-state index contributed by atoms with van der Waals surface area (Å²) in [7, 11) is 0. The third kappa shape index (κ3) is 5.23. The average Bonchev–Trinajstić information content (AvgIpc) is 3.01.